The van der Waals surface area contributed by atoms with E-state index < -0.39 is 0 Å². The maximum Gasteiger partial charge on any atom is 0.258 e. The smallest absolute Gasteiger partial charge is 0.258 e. The summed E-state index contributed by atoms with van der Waals surface area (Å²) in [4.78, 5) is 8.47. The van der Waals surface area contributed by atoms with Crippen LogP contribution in [0.3, 0.4) is 0 Å². The molecule has 0 saturated heterocycles. The number of aromatic nitrogens is 3. The molecule has 0 aliphatic carbocycles. The molecule has 1 N–H and O–H groups in total. The fourth-order valence-electron chi connectivity index (χ4n) is 1.55. The van der Waals surface area contributed by atoms with E-state index in [1.165, 1.54) is 11.3 Å². The highest BCUT2D eigenvalue weighted by atomic mass is 32.1. The van der Waals surface area contributed by atoms with E-state index in [-0.39, 0.29) is 0 Å². The van der Waals surface area contributed by atoms with Crippen molar-refractivity contribution in [2.45, 2.75) is 0 Å². The van der Waals surface area contributed by atoms with Gasteiger partial charge in [-0.15, -0.1) is 11.3 Å². The van der Waals surface area contributed by atoms with Crippen LogP contribution < -0.4 is 5.32 Å². The van der Waals surface area contributed by atoms with Crippen molar-refractivity contribution in [2.24, 2.45) is 0 Å². The molecule has 1 aromatic carbocycles. The van der Waals surface area contributed by atoms with Gasteiger partial charge in [-0.2, -0.15) is 4.98 Å². The molecule has 2 heterocycles. The lowest BCUT2D eigenvalue weighted by atomic mass is 10.2. The summed E-state index contributed by atoms with van der Waals surface area (Å²) in [6.07, 6.45) is 0. The van der Waals surface area contributed by atoms with Gasteiger partial charge >= 0.3 is 0 Å². The summed E-state index contributed by atoms with van der Waals surface area (Å²) < 4.78 is 5.23. The van der Waals surface area contributed by atoms with Crippen molar-refractivity contribution in [2.75, 3.05) is 12.4 Å². The molecule has 90 valence electrons. The number of nitrogens with one attached hydrogen (secondary N) is 1. The molecule has 0 atom stereocenters. The number of benzene rings is 1. The fourth-order valence-corrected chi connectivity index (χ4v) is 2.08. The van der Waals surface area contributed by atoms with Crippen LogP contribution in [0.5, 0.6) is 0 Å². The van der Waals surface area contributed by atoms with Crippen molar-refractivity contribution in [1.82, 2.24) is 15.1 Å². The van der Waals surface area contributed by atoms with Crippen LogP contribution in [0.15, 0.2) is 39.7 Å². The summed E-state index contributed by atoms with van der Waals surface area (Å²) in [5, 5.41) is 8.87. The lowest BCUT2D eigenvalue weighted by molar-refractivity contribution is 0.432. The maximum absolute atomic E-state index is 5.23. The Labute approximate surface area is 108 Å². The number of thiazole rings is 1. The van der Waals surface area contributed by atoms with Gasteiger partial charge in [0.15, 0.2) is 0 Å². The highest BCUT2D eigenvalue weighted by Crippen LogP contribution is 2.23. The van der Waals surface area contributed by atoms with Crippen molar-refractivity contribution < 1.29 is 4.52 Å². The first kappa shape index (κ1) is 10.9. The zero-order chi connectivity index (χ0) is 12.4. The highest BCUT2D eigenvalue weighted by molar-refractivity contribution is 7.07. The zero-order valence-corrected chi connectivity index (χ0v) is 10.4. The molecule has 0 amide bonds. The van der Waals surface area contributed by atoms with E-state index in [1.54, 1.807) is 5.51 Å². The second-order valence-corrected chi connectivity index (χ2v) is 4.34. The first-order valence-corrected chi connectivity index (χ1v) is 6.31. The molecule has 0 aliphatic heterocycles. The third-order valence-corrected chi connectivity index (χ3v) is 3.09. The number of nitrogens with zero attached hydrogens (tertiary/aromatic N) is 3. The zero-order valence-electron chi connectivity index (χ0n) is 9.62. The van der Waals surface area contributed by atoms with Crippen LogP contribution in [0.1, 0.15) is 0 Å². The van der Waals surface area contributed by atoms with E-state index in [0.717, 1.165) is 16.9 Å². The van der Waals surface area contributed by atoms with Gasteiger partial charge in [0.2, 0.25) is 5.82 Å². The Bertz CT molecular complexity index is 630. The van der Waals surface area contributed by atoms with Crippen molar-refractivity contribution in [3.63, 3.8) is 0 Å². The molecule has 0 saturated carbocycles. The molecule has 0 spiro atoms. The monoisotopic (exact) mass is 258 g/mol. The molecule has 5 nitrogen and oxygen atoms in total. The van der Waals surface area contributed by atoms with Gasteiger partial charge in [-0.25, -0.2) is 4.98 Å². The van der Waals surface area contributed by atoms with Crippen LogP contribution in [0.4, 0.5) is 5.69 Å². The Morgan fingerprint density at radius 1 is 1.22 bits per heavy atom. The second kappa shape index (κ2) is 4.58. The van der Waals surface area contributed by atoms with Crippen LogP contribution >= 0.6 is 11.3 Å². The Balaban J connectivity index is 1.92. The van der Waals surface area contributed by atoms with Gasteiger partial charge in [0, 0.05) is 23.7 Å². The second-order valence-electron chi connectivity index (χ2n) is 3.62. The van der Waals surface area contributed by atoms with Crippen molar-refractivity contribution >= 4 is 17.0 Å². The van der Waals surface area contributed by atoms with E-state index in [2.05, 4.69) is 20.4 Å². The first-order valence-electron chi connectivity index (χ1n) is 5.37. The molecule has 0 unspecified atom stereocenters. The van der Waals surface area contributed by atoms with Gasteiger partial charge in [-0.3, -0.25) is 0 Å². The molecule has 3 aromatic rings. The third kappa shape index (κ3) is 1.98. The Morgan fingerprint density at radius 3 is 2.72 bits per heavy atom. The number of rotatable bonds is 3. The molecule has 0 aliphatic rings. The fraction of sp³-hybridized carbons (Fsp3) is 0.0833. The minimum Gasteiger partial charge on any atom is -0.388 e. The third-order valence-electron chi connectivity index (χ3n) is 2.51. The van der Waals surface area contributed by atoms with Gasteiger partial charge in [0.1, 0.15) is 5.69 Å². The van der Waals surface area contributed by atoms with E-state index in [9.17, 15) is 0 Å². The van der Waals surface area contributed by atoms with E-state index in [1.807, 2.05) is 36.7 Å². The molecule has 6 heteroatoms. The average molecular weight is 258 g/mol. The number of anilines is 1. The molecule has 3 rings (SSSR count). The minimum absolute atomic E-state index is 0.501. The van der Waals surface area contributed by atoms with Crippen molar-refractivity contribution in [3.05, 3.63) is 35.2 Å². The van der Waals surface area contributed by atoms with Crippen molar-refractivity contribution in [3.8, 4) is 23.0 Å². The van der Waals surface area contributed by atoms with Gasteiger partial charge in [-0.1, -0.05) is 5.16 Å². The molecule has 2 aromatic heterocycles. The first-order chi connectivity index (χ1) is 8.86. The van der Waals surface area contributed by atoms with Gasteiger partial charge in [0.25, 0.3) is 5.89 Å². The summed E-state index contributed by atoms with van der Waals surface area (Å²) in [5.74, 6) is 1.02. The van der Waals surface area contributed by atoms with E-state index in [4.69, 9.17) is 4.52 Å². The predicted molar refractivity (Wildman–Crippen MR) is 70.4 cm³/mol. The number of hydrogen-bond donors (Lipinski definition) is 1. The highest BCUT2D eigenvalue weighted by Gasteiger charge is 2.11. The lowest BCUT2D eigenvalue weighted by Crippen LogP contribution is -1.87. The van der Waals surface area contributed by atoms with E-state index >= 15 is 0 Å². The summed E-state index contributed by atoms with van der Waals surface area (Å²) in [6, 6.07) is 7.79. The van der Waals surface area contributed by atoms with Crippen LogP contribution in [0, 0.1) is 0 Å². The predicted octanol–water partition coefficient (Wildman–Crippen LogP) is 2.90. The molecule has 0 radical (unpaired) electrons. The van der Waals surface area contributed by atoms with E-state index in [0.29, 0.717) is 11.7 Å². The van der Waals surface area contributed by atoms with Crippen LogP contribution in [0.2, 0.25) is 0 Å². The molecule has 18 heavy (non-hydrogen) atoms. The quantitative estimate of drug-likeness (QED) is 0.782. The lowest BCUT2D eigenvalue weighted by Gasteiger charge is -1.99. The Morgan fingerprint density at radius 2 is 2.06 bits per heavy atom. The molecule has 0 fully saturated rings. The van der Waals surface area contributed by atoms with Crippen LogP contribution in [-0.4, -0.2) is 22.2 Å². The summed E-state index contributed by atoms with van der Waals surface area (Å²) in [7, 11) is 1.88. The number of hydrogen-bond acceptors (Lipinski definition) is 6. The van der Waals surface area contributed by atoms with Crippen LogP contribution in [0.25, 0.3) is 23.0 Å². The normalized spacial score (nSPS) is 10.5. The van der Waals surface area contributed by atoms with Gasteiger partial charge in [-0.05, 0) is 24.3 Å². The minimum atomic E-state index is 0.501. The van der Waals surface area contributed by atoms with Gasteiger partial charge < -0.3 is 9.84 Å². The largest absolute Gasteiger partial charge is 0.388 e. The topological polar surface area (TPSA) is 63.8 Å². The van der Waals surface area contributed by atoms with Crippen LogP contribution in [-0.2, 0) is 0 Å². The Kier molecular flexibility index (Phi) is 2.77. The summed E-state index contributed by atoms with van der Waals surface area (Å²) in [6.45, 7) is 0. The van der Waals surface area contributed by atoms with Crippen molar-refractivity contribution in [1.29, 1.82) is 0 Å². The summed E-state index contributed by atoms with van der Waals surface area (Å²) >= 11 is 1.50. The maximum atomic E-state index is 5.23. The molecular weight excluding hydrogens is 248 g/mol. The summed E-state index contributed by atoms with van der Waals surface area (Å²) in [5.41, 5.74) is 4.41. The molecular formula is C12H10N4OS. The average Bonchev–Trinajstić information content (AvgIpc) is 3.09. The standard InChI is InChI=1S/C12H10N4OS/c1-13-9-4-2-8(3-5-9)12-15-11(16-17-12)10-6-18-7-14-10/h2-7,13H,1H3. The Hall–Kier alpha value is -2.21. The SMILES string of the molecule is CNc1ccc(-c2nc(-c3cscn3)no2)cc1. The van der Waals surface area contributed by atoms with Gasteiger partial charge in [0.05, 0.1) is 5.51 Å². The molecule has 0 bridgehead atoms.